The van der Waals surface area contributed by atoms with Crippen LogP contribution in [0.4, 0.5) is 5.82 Å². The fraction of sp³-hybridized carbons (Fsp3) is 0.500. The number of anilines is 1. The second-order valence-electron chi connectivity index (χ2n) is 5.47. The van der Waals surface area contributed by atoms with Crippen LogP contribution in [0.3, 0.4) is 0 Å². The molecule has 2 aromatic rings. The minimum Gasteiger partial charge on any atom is -0.466 e. The SMILES string of the molecule is Cc1nc(NCCc2ccc(C)o2)cc([C@H]2CCOC2)n1. The Kier molecular flexibility index (Phi) is 4.20. The van der Waals surface area contributed by atoms with Crippen molar-refractivity contribution in [2.45, 2.75) is 32.6 Å². The molecule has 5 heteroatoms. The van der Waals surface area contributed by atoms with Gasteiger partial charge in [-0.2, -0.15) is 0 Å². The molecule has 0 amide bonds. The van der Waals surface area contributed by atoms with Crippen LogP contribution in [0, 0.1) is 13.8 Å². The molecule has 0 unspecified atom stereocenters. The lowest BCUT2D eigenvalue weighted by Crippen LogP contribution is -2.10. The van der Waals surface area contributed by atoms with Gasteiger partial charge in [-0.25, -0.2) is 9.97 Å². The molecule has 0 aromatic carbocycles. The van der Waals surface area contributed by atoms with E-state index in [1.165, 1.54) is 0 Å². The zero-order chi connectivity index (χ0) is 14.7. The van der Waals surface area contributed by atoms with Gasteiger partial charge in [0, 0.05) is 31.6 Å². The molecule has 0 aliphatic carbocycles. The Morgan fingerprint density at radius 1 is 1.29 bits per heavy atom. The smallest absolute Gasteiger partial charge is 0.129 e. The molecule has 1 saturated heterocycles. The summed E-state index contributed by atoms with van der Waals surface area (Å²) in [5.74, 6) is 4.03. The van der Waals surface area contributed by atoms with E-state index in [0.717, 1.165) is 61.5 Å². The van der Waals surface area contributed by atoms with Gasteiger partial charge in [0.05, 0.1) is 12.3 Å². The van der Waals surface area contributed by atoms with Gasteiger partial charge in [-0.1, -0.05) is 0 Å². The van der Waals surface area contributed by atoms with Gasteiger partial charge in [0.2, 0.25) is 0 Å². The standard InChI is InChI=1S/C16H21N3O2/c1-11-3-4-14(21-11)5-7-17-16-9-15(18-12(2)19-16)13-6-8-20-10-13/h3-4,9,13H,5-8,10H2,1-2H3,(H,17,18,19)/t13-/m0/s1. The predicted octanol–water partition coefficient (Wildman–Crippen LogP) is 2.84. The van der Waals surface area contributed by atoms with E-state index in [9.17, 15) is 0 Å². The highest BCUT2D eigenvalue weighted by Crippen LogP contribution is 2.25. The number of rotatable bonds is 5. The summed E-state index contributed by atoms with van der Waals surface area (Å²) in [6, 6.07) is 6.05. The average Bonchev–Trinajstić information content (AvgIpc) is 3.10. The molecule has 1 atom stereocenters. The van der Waals surface area contributed by atoms with Gasteiger partial charge in [0.1, 0.15) is 23.2 Å². The quantitative estimate of drug-likeness (QED) is 0.916. The van der Waals surface area contributed by atoms with Gasteiger partial charge in [-0.05, 0) is 32.4 Å². The number of hydrogen-bond acceptors (Lipinski definition) is 5. The van der Waals surface area contributed by atoms with Crippen molar-refractivity contribution in [3.63, 3.8) is 0 Å². The minimum atomic E-state index is 0.403. The Hall–Kier alpha value is -1.88. The summed E-state index contributed by atoms with van der Waals surface area (Å²) in [7, 11) is 0. The third-order valence-corrected chi connectivity index (χ3v) is 3.68. The molecule has 0 radical (unpaired) electrons. The first-order valence-corrected chi connectivity index (χ1v) is 7.43. The topological polar surface area (TPSA) is 60.2 Å². The lowest BCUT2D eigenvalue weighted by Gasteiger charge is -2.11. The molecule has 0 bridgehead atoms. The van der Waals surface area contributed by atoms with Crippen LogP contribution < -0.4 is 5.32 Å². The number of nitrogens with one attached hydrogen (secondary N) is 1. The van der Waals surface area contributed by atoms with Crippen molar-refractivity contribution in [2.75, 3.05) is 25.1 Å². The highest BCUT2D eigenvalue weighted by molar-refractivity contribution is 5.37. The van der Waals surface area contributed by atoms with E-state index in [0.29, 0.717) is 5.92 Å². The maximum Gasteiger partial charge on any atom is 0.129 e. The Morgan fingerprint density at radius 2 is 2.19 bits per heavy atom. The van der Waals surface area contributed by atoms with Gasteiger partial charge in [0.25, 0.3) is 0 Å². The monoisotopic (exact) mass is 287 g/mol. The second kappa shape index (κ2) is 6.26. The molecule has 0 spiro atoms. The van der Waals surface area contributed by atoms with Crippen LogP contribution in [0.25, 0.3) is 0 Å². The van der Waals surface area contributed by atoms with E-state index in [-0.39, 0.29) is 0 Å². The van der Waals surface area contributed by atoms with Crippen LogP contribution in [0.2, 0.25) is 0 Å². The highest BCUT2D eigenvalue weighted by atomic mass is 16.5. The number of aryl methyl sites for hydroxylation is 2. The zero-order valence-electron chi connectivity index (χ0n) is 12.6. The van der Waals surface area contributed by atoms with E-state index >= 15 is 0 Å². The van der Waals surface area contributed by atoms with Gasteiger partial charge in [-0.3, -0.25) is 0 Å². The van der Waals surface area contributed by atoms with E-state index in [1.54, 1.807) is 0 Å². The van der Waals surface area contributed by atoms with Crippen LogP contribution in [0.15, 0.2) is 22.6 Å². The van der Waals surface area contributed by atoms with E-state index in [4.69, 9.17) is 9.15 Å². The molecule has 3 rings (SSSR count). The van der Waals surface area contributed by atoms with Crippen molar-refractivity contribution in [2.24, 2.45) is 0 Å². The maximum absolute atomic E-state index is 5.56. The van der Waals surface area contributed by atoms with E-state index in [2.05, 4.69) is 15.3 Å². The molecule has 21 heavy (non-hydrogen) atoms. The lowest BCUT2D eigenvalue weighted by atomic mass is 10.0. The van der Waals surface area contributed by atoms with Gasteiger partial charge < -0.3 is 14.5 Å². The number of aromatic nitrogens is 2. The summed E-state index contributed by atoms with van der Waals surface area (Å²) < 4.78 is 11.0. The van der Waals surface area contributed by atoms with Gasteiger partial charge in [0.15, 0.2) is 0 Å². The minimum absolute atomic E-state index is 0.403. The largest absolute Gasteiger partial charge is 0.466 e. The molecule has 2 aromatic heterocycles. The van der Waals surface area contributed by atoms with Crippen molar-refractivity contribution in [1.29, 1.82) is 0 Å². The third kappa shape index (κ3) is 3.61. The van der Waals surface area contributed by atoms with Crippen LogP contribution in [0.5, 0.6) is 0 Å². The molecule has 3 heterocycles. The maximum atomic E-state index is 5.56. The Labute approximate surface area is 124 Å². The zero-order valence-corrected chi connectivity index (χ0v) is 12.6. The lowest BCUT2D eigenvalue weighted by molar-refractivity contribution is 0.193. The predicted molar refractivity (Wildman–Crippen MR) is 80.6 cm³/mol. The number of nitrogens with zero attached hydrogens (tertiary/aromatic N) is 2. The average molecular weight is 287 g/mol. The molecule has 112 valence electrons. The highest BCUT2D eigenvalue weighted by Gasteiger charge is 2.20. The van der Waals surface area contributed by atoms with Crippen LogP contribution in [-0.2, 0) is 11.2 Å². The van der Waals surface area contributed by atoms with Crippen LogP contribution in [-0.4, -0.2) is 29.7 Å². The molecule has 1 fully saturated rings. The summed E-state index contributed by atoms with van der Waals surface area (Å²) in [5.41, 5.74) is 1.08. The fourth-order valence-corrected chi connectivity index (χ4v) is 2.59. The third-order valence-electron chi connectivity index (χ3n) is 3.68. The van der Waals surface area contributed by atoms with Crippen molar-refractivity contribution in [1.82, 2.24) is 9.97 Å². The van der Waals surface area contributed by atoms with Gasteiger partial charge >= 0.3 is 0 Å². The van der Waals surface area contributed by atoms with Gasteiger partial charge in [-0.15, -0.1) is 0 Å². The van der Waals surface area contributed by atoms with Crippen molar-refractivity contribution >= 4 is 5.82 Å². The Bertz CT molecular complexity index is 603. The summed E-state index contributed by atoms with van der Waals surface area (Å²) in [4.78, 5) is 8.98. The van der Waals surface area contributed by atoms with Crippen LogP contribution in [0.1, 0.15) is 35.4 Å². The number of furan rings is 1. The number of ether oxygens (including phenoxy) is 1. The Morgan fingerprint density at radius 3 is 2.90 bits per heavy atom. The normalized spacial score (nSPS) is 18.1. The van der Waals surface area contributed by atoms with Crippen molar-refractivity contribution < 1.29 is 9.15 Å². The first-order valence-electron chi connectivity index (χ1n) is 7.43. The van der Waals surface area contributed by atoms with E-state index in [1.807, 2.05) is 32.0 Å². The first-order chi connectivity index (χ1) is 10.2. The molecule has 1 N–H and O–H groups in total. The number of hydrogen-bond donors (Lipinski definition) is 1. The first kappa shape index (κ1) is 14.1. The van der Waals surface area contributed by atoms with Crippen molar-refractivity contribution in [3.8, 4) is 0 Å². The molecular formula is C16H21N3O2. The van der Waals surface area contributed by atoms with E-state index < -0.39 is 0 Å². The second-order valence-corrected chi connectivity index (χ2v) is 5.47. The molecule has 5 nitrogen and oxygen atoms in total. The van der Waals surface area contributed by atoms with Crippen molar-refractivity contribution in [3.05, 3.63) is 41.2 Å². The molecule has 1 aliphatic rings. The fourth-order valence-electron chi connectivity index (χ4n) is 2.59. The molecular weight excluding hydrogens is 266 g/mol. The summed E-state index contributed by atoms with van der Waals surface area (Å²) in [5, 5.41) is 3.36. The Balaban J connectivity index is 1.61. The summed E-state index contributed by atoms with van der Waals surface area (Å²) in [6.07, 6.45) is 1.89. The molecule has 1 aliphatic heterocycles. The van der Waals surface area contributed by atoms with Crippen LogP contribution >= 0.6 is 0 Å². The summed E-state index contributed by atoms with van der Waals surface area (Å²) in [6.45, 7) is 6.28. The molecule has 0 saturated carbocycles. The summed E-state index contributed by atoms with van der Waals surface area (Å²) >= 11 is 0.